The third-order valence-electron chi connectivity index (χ3n) is 7.08. The molecule has 1 aliphatic heterocycles. The first-order chi connectivity index (χ1) is 18.0. The molecular formula is C33H43N3O2. The number of non-ortho nitro benzene ring substituents is 1. The van der Waals surface area contributed by atoms with Gasteiger partial charge in [0.25, 0.3) is 5.69 Å². The van der Waals surface area contributed by atoms with Gasteiger partial charge in [-0.25, -0.2) is 0 Å². The van der Waals surface area contributed by atoms with E-state index in [2.05, 4.69) is 95.9 Å². The standard InChI is InChI=1S/C33H43N3O2/c1-24(2)19-21-34-30-13-9-8-12-27(30)16-15-26(5)11-10-14-32-33(6,7)29-23-28(36(37)38)17-18-31(29)35(32)22-20-25(3)4/h8-18,23-25H,19-22H2,1-7H3/b11-10+,26-15+,27-16-,32-14+,34-30?. The van der Waals surface area contributed by atoms with Gasteiger partial charge in [-0.2, -0.15) is 0 Å². The fourth-order valence-corrected chi connectivity index (χ4v) is 4.69. The number of hydrogen-bond donors (Lipinski definition) is 0. The fourth-order valence-electron chi connectivity index (χ4n) is 4.69. The van der Waals surface area contributed by atoms with E-state index in [1.807, 2.05) is 18.2 Å². The van der Waals surface area contributed by atoms with Gasteiger partial charge in [0.1, 0.15) is 0 Å². The molecular weight excluding hydrogens is 470 g/mol. The predicted octanol–water partition coefficient (Wildman–Crippen LogP) is 8.66. The summed E-state index contributed by atoms with van der Waals surface area (Å²) in [5.74, 6) is 1.21. The lowest BCUT2D eigenvalue weighted by Gasteiger charge is -2.27. The lowest BCUT2D eigenvalue weighted by Crippen LogP contribution is -2.27. The molecule has 0 aromatic heterocycles. The van der Waals surface area contributed by atoms with Crippen LogP contribution < -0.4 is 4.90 Å². The summed E-state index contributed by atoms with van der Waals surface area (Å²) >= 11 is 0. The molecule has 5 nitrogen and oxygen atoms in total. The number of fused-ring (bicyclic) bond motifs is 1. The second-order valence-corrected chi connectivity index (χ2v) is 11.5. The van der Waals surface area contributed by atoms with Gasteiger partial charge in [-0.05, 0) is 61.0 Å². The maximum Gasteiger partial charge on any atom is 0.269 e. The summed E-state index contributed by atoms with van der Waals surface area (Å²) in [5, 5.41) is 11.5. The SMILES string of the molecule is CC(/C=C/C=C1/N(CCC(C)C)c2ccc([N+](=O)[O-])cc2C1(C)C)=C\C=C1\C=CC=CC1=NCCC(C)C. The Morgan fingerprint density at radius 1 is 1.08 bits per heavy atom. The first-order valence-corrected chi connectivity index (χ1v) is 13.7. The second kappa shape index (κ2) is 12.9. The smallest absolute Gasteiger partial charge is 0.269 e. The summed E-state index contributed by atoms with van der Waals surface area (Å²) in [6.07, 6.45) is 21.0. The van der Waals surface area contributed by atoms with Crippen molar-refractivity contribution in [3.05, 3.63) is 105 Å². The highest BCUT2D eigenvalue weighted by atomic mass is 16.6. The van der Waals surface area contributed by atoms with Crippen LogP contribution in [0, 0.1) is 22.0 Å². The molecule has 0 atom stereocenters. The molecule has 0 radical (unpaired) electrons. The maximum absolute atomic E-state index is 11.5. The molecule has 1 heterocycles. The molecule has 0 unspecified atom stereocenters. The lowest BCUT2D eigenvalue weighted by atomic mass is 9.83. The van der Waals surface area contributed by atoms with Gasteiger partial charge < -0.3 is 4.90 Å². The monoisotopic (exact) mass is 513 g/mol. The van der Waals surface area contributed by atoms with Crippen molar-refractivity contribution in [2.45, 2.75) is 66.7 Å². The van der Waals surface area contributed by atoms with E-state index < -0.39 is 0 Å². The minimum absolute atomic E-state index is 0.142. The van der Waals surface area contributed by atoms with Gasteiger partial charge in [0, 0.05) is 42.0 Å². The van der Waals surface area contributed by atoms with Crippen molar-refractivity contribution in [1.82, 2.24) is 0 Å². The third-order valence-corrected chi connectivity index (χ3v) is 7.08. The Morgan fingerprint density at radius 2 is 1.79 bits per heavy atom. The third kappa shape index (κ3) is 7.31. The molecule has 2 aliphatic rings. The first kappa shape index (κ1) is 29.1. The van der Waals surface area contributed by atoms with Crippen LogP contribution in [0.3, 0.4) is 0 Å². The van der Waals surface area contributed by atoms with Crippen molar-refractivity contribution in [2.24, 2.45) is 16.8 Å². The van der Waals surface area contributed by atoms with Crippen molar-refractivity contribution in [2.75, 3.05) is 18.0 Å². The first-order valence-electron chi connectivity index (χ1n) is 13.7. The van der Waals surface area contributed by atoms with Crippen molar-refractivity contribution >= 4 is 17.1 Å². The Labute approximate surface area is 228 Å². The van der Waals surface area contributed by atoms with Crippen LogP contribution in [-0.4, -0.2) is 23.7 Å². The molecule has 3 rings (SSSR count). The average Bonchev–Trinajstić information content (AvgIpc) is 3.07. The van der Waals surface area contributed by atoms with Crippen LogP contribution in [0.1, 0.15) is 66.9 Å². The van der Waals surface area contributed by atoms with Gasteiger partial charge in [0.2, 0.25) is 0 Å². The number of rotatable bonds is 10. The van der Waals surface area contributed by atoms with Crippen LogP contribution in [-0.2, 0) is 5.41 Å². The summed E-state index contributed by atoms with van der Waals surface area (Å²) in [7, 11) is 0. The number of hydrogen-bond acceptors (Lipinski definition) is 4. The zero-order chi connectivity index (χ0) is 27.9. The van der Waals surface area contributed by atoms with Crippen LogP contribution in [0.4, 0.5) is 11.4 Å². The lowest BCUT2D eigenvalue weighted by molar-refractivity contribution is -0.384. The van der Waals surface area contributed by atoms with Crippen LogP contribution in [0.5, 0.6) is 0 Å². The Hall–Kier alpha value is -3.47. The molecule has 0 fully saturated rings. The Kier molecular flexibility index (Phi) is 9.84. The van der Waals surface area contributed by atoms with Crippen molar-refractivity contribution in [3.63, 3.8) is 0 Å². The number of aliphatic imine (C=N–C) groups is 1. The molecule has 202 valence electrons. The molecule has 0 bridgehead atoms. The number of anilines is 1. The second-order valence-electron chi connectivity index (χ2n) is 11.5. The van der Waals surface area contributed by atoms with Crippen molar-refractivity contribution in [3.8, 4) is 0 Å². The minimum Gasteiger partial charge on any atom is -0.344 e. The van der Waals surface area contributed by atoms with Crippen molar-refractivity contribution in [1.29, 1.82) is 0 Å². The molecule has 1 aromatic carbocycles. The van der Waals surface area contributed by atoms with Crippen LogP contribution in [0.15, 0.2) is 94.7 Å². The molecule has 0 saturated heterocycles. The minimum atomic E-state index is -0.331. The molecule has 1 aromatic rings. The topological polar surface area (TPSA) is 58.7 Å². The van der Waals surface area contributed by atoms with Gasteiger partial charge in [-0.1, -0.05) is 89.6 Å². The quantitative estimate of drug-likeness (QED) is 0.179. The summed E-state index contributed by atoms with van der Waals surface area (Å²) in [6.45, 7) is 17.0. The van der Waals surface area contributed by atoms with Crippen LogP contribution >= 0.6 is 0 Å². The Bertz CT molecular complexity index is 1240. The van der Waals surface area contributed by atoms with E-state index in [0.29, 0.717) is 11.8 Å². The number of nitrogens with zero attached hydrogens (tertiary/aromatic N) is 3. The normalized spacial score (nSPS) is 20.2. The van der Waals surface area contributed by atoms with Crippen LogP contribution in [0.2, 0.25) is 0 Å². The molecule has 1 aliphatic carbocycles. The molecule has 0 N–H and O–H groups in total. The van der Waals surface area contributed by atoms with Gasteiger partial charge in [0.15, 0.2) is 0 Å². The predicted molar refractivity (Wildman–Crippen MR) is 162 cm³/mol. The summed E-state index contributed by atoms with van der Waals surface area (Å²) in [4.78, 5) is 18.3. The van der Waals surface area contributed by atoms with Gasteiger partial charge in [-0.15, -0.1) is 0 Å². The van der Waals surface area contributed by atoms with E-state index in [0.717, 1.165) is 59.7 Å². The van der Waals surface area contributed by atoms with E-state index in [1.165, 1.54) is 0 Å². The van der Waals surface area contributed by atoms with E-state index in [4.69, 9.17) is 4.99 Å². The molecule has 0 saturated carbocycles. The molecule has 5 heteroatoms. The number of allylic oxidation sites excluding steroid dienone is 12. The average molecular weight is 514 g/mol. The zero-order valence-corrected chi connectivity index (χ0v) is 24.1. The van der Waals surface area contributed by atoms with E-state index in [1.54, 1.807) is 12.1 Å². The van der Waals surface area contributed by atoms with Gasteiger partial charge in [0.05, 0.1) is 10.6 Å². The number of nitro groups is 1. The molecule has 0 amide bonds. The summed E-state index contributed by atoms with van der Waals surface area (Å²) in [5.41, 5.74) is 6.34. The van der Waals surface area contributed by atoms with E-state index in [9.17, 15) is 10.1 Å². The highest BCUT2D eigenvalue weighted by Crippen LogP contribution is 2.49. The summed E-state index contributed by atoms with van der Waals surface area (Å²) < 4.78 is 0. The Morgan fingerprint density at radius 3 is 2.47 bits per heavy atom. The number of benzene rings is 1. The maximum atomic E-state index is 11.5. The fraction of sp³-hybridized carbons (Fsp3) is 0.424. The van der Waals surface area contributed by atoms with Gasteiger partial charge >= 0.3 is 0 Å². The van der Waals surface area contributed by atoms with Crippen molar-refractivity contribution < 1.29 is 4.92 Å². The highest BCUT2D eigenvalue weighted by Gasteiger charge is 2.40. The molecule has 38 heavy (non-hydrogen) atoms. The van der Waals surface area contributed by atoms with Crippen LogP contribution in [0.25, 0.3) is 0 Å². The van der Waals surface area contributed by atoms with E-state index >= 15 is 0 Å². The highest BCUT2D eigenvalue weighted by molar-refractivity contribution is 6.11. The molecule has 0 spiro atoms. The Balaban J connectivity index is 1.85. The largest absolute Gasteiger partial charge is 0.344 e. The zero-order valence-electron chi connectivity index (χ0n) is 24.1. The van der Waals surface area contributed by atoms with E-state index in [-0.39, 0.29) is 16.0 Å². The number of nitro benzene ring substituents is 1. The summed E-state index contributed by atoms with van der Waals surface area (Å²) in [6, 6.07) is 5.27. The van der Waals surface area contributed by atoms with Gasteiger partial charge in [-0.3, -0.25) is 15.1 Å².